The third kappa shape index (κ3) is 7.30. The number of carbonyl (C=O) groups excluding carboxylic acids is 4. The second kappa shape index (κ2) is 16.8. The van der Waals surface area contributed by atoms with Crippen LogP contribution in [0.25, 0.3) is 0 Å². The Morgan fingerprint density at radius 3 is 2.25 bits per heavy atom. The summed E-state index contributed by atoms with van der Waals surface area (Å²) in [7, 11) is 0. The van der Waals surface area contributed by atoms with Crippen molar-refractivity contribution in [2.24, 2.45) is 11.8 Å². The normalized spacial score (nSPS) is 29.1. The molecule has 11 nitrogen and oxygen atoms in total. The number of benzene rings is 3. The molecular formula is C44H49BrN4O7. The zero-order valence-corrected chi connectivity index (χ0v) is 33.5. The van der Waals surface area contributed by atoms with Crippen molar-refractivity contribution in [3.05, 3.63) is 119 Å². The number of carbonyl (C=O) groups is 4. The molecule has 2 N–H and O–H groups in total. The molecule has 0 saturated carbocycles. The standard InChI is InChI=1S/C44H49BrN4O7/c1-4-47(5-2)31-20-22-32(23-21-31)48-24-14-8-13-19-35(51)46-28(3)38(30-17-11-7-12-18-30)55-43(54)36-37-41(52)49(33(27-50)25-29-15-9-6-10-16-29)40(42(48)53)44(37)26-34(45)39(36)56-44/h6-12,14-18,20-23,26,28,33,36-40,50H,4-5,13,19,24-25,27H2,1-3H3,(H,46,51)/b14-8-/t28-,33+,36+,37-,38+,39+,40+,44-/m0/s1. The zero-order chi connectivity index (χ0) is 39.6. The lowest BCUT2D eigenvalue weighted by Gasteiger charge is -2.39. The van der Waals surface area contributed by atoms with Gasteiger partial charge in [-0.2, -0.15) is 0 Å². The Hall–Kier alpha value is -4.78. The Labute approximate surface area is 336 Å². The molecule has 8 atom stereocenters. The number of nitrogens with zero attached hydrogens (tertiary/aromatic N) is 3. The summed E-state index contributed by atoms with van der Waals surface area (Å²) in [6.45, 7) is 7.30. The number of anilines is 2. The molecule has 12 heteroatoms. The largest absolute Gasteiger partial charge is 0.455 e. The fraction of sp³-hybridized carbons (Fsp3) is 0.409. The fourth-order valence-corrected chi connectivity index (χ4v) is 9.59. The molecule has 0 unspecified atom stereocenters. The molecule has 4 aliphatic rings. The van der Waals surface area contributed by atoms with Gasteiger partial charge in [0.25, 0.3) is 5.91 Å². The highest BCUT2D eigenvalue weighted by atomic mass is 79.9. The average Bonchev–Trinajstić information content (AvgIpc) is 3.81. The predicted octanol–water partition coefficient (Wildman–Crippen LogP) is 5.48. The number of fused-ring (bicyclic) bond motifs is 2. The highest BCUT2D eigenvalue weighted by Crippen LogP contribution is 2.59. The van der Waals surface area contributed by atoms with E-state index in [1.165, 1.54) is 4.90 Å². The van der Waals surface area contributed by atoms with Crippen LogP contribution in [-0.4, -0.2) is 89.8 Å². The van der Waals surface area contributed by atoms with Crippen molar-refractivity contribution in [3.8, 4) is 0 Å². The molecule has 294 valence electrons. The molecule has 3 amide bonds. The van der Waals surface area contributed by atoms with E-state index >= 15 is 9.59 Å². The molecule has 5 bridgehead atoms. The molecule has 1 spiro atoms. The van der Waals surface area contributed by atoms with Gasteiger partial charge in [-0.05, 0) is 75.1 Å². The molecule has 0 radical (unpaired) electrons. The molecule has 3 aromatic carbocycles. The summed E-state index contributed by atoms with van der Waals surface area (Å²) in [5.41, 5.74) is 1.61. The van der Waals surface area contributed by atoms with Gasteiger partial charge in [-0.1, -0.05) is 88.7 Å². The number of cyclic esters (lactones) is 1. The van der Waals surface area contributed by atoms with Gasteiger partial charge in [0, 0.05) is 41.9 Å². The molecule has 4 heterocycles. The van der Waals surface area contributed by atoms with E-state index in [1.54, 1.807) is 17.9 Å². The third-order valence-corrected chi connectivity index (χ3v) is 12.2. The number of esters is 1. The van der Waals surface area contributed by atoms with Gasteiger partial charge in [0.15, 0.2) is 0 Å². The Morgan fingerprint density at radius 1 is 0.911 bits per heavy atom. The van der Waals surface area contributed by atoms with Crippen LogP contribution >= 0.6 is 15.9 Å². The maximum atomic E-state index is 15.5. The van der Waals surface area contributed by atoms with Gasteiger partial charge >= 0.3 is 5.97 Å². The number of ether oxygens (including phenoxy) is 2. The van der Waals surface area contributed by atoms with Crippen LogP contribution in [0, 0.1) is 11.8 Å². The van der Waals surface area contributed by atoms with E-state index in [4.69, 9.17) is 9.47 Å². The van der Waals surface area contributed by atoms with E-state index in [-0.39, 0.29) is 25.3 Å². The third-order valence-electron chi connectivity index (χ3n) is 11.6. The Bertz CT molecular complexity index is 1970. The van der Waals surface area contributed by atoms with Crippen molar-refractivity contribution < 1.29 is 33.8 Å². The lowest BCUT2D eigenvalue weighted by Crippen LogP contribution is -2.59. The second-order valence-electron chi connectivity index (χ2n) is 14.9. The highest BCUT2D eigenvalue weighted by Gasteiger charge is 2.75. The predicted molar refractivity (Wildman–Crippen MR) is 217 cm³/mol. The highest BCUT2D eigenvalue weighted by molar-refractivity contribution is 9.11. The van der Waals surface area contributed by atoms with Crippen molar-refractivity contribution in [1.82, 2.24) is 10.2 Å². The number of hydrogen-bond acceptors (Lipinski definition) is 8. The van der Waals surface area contributed by atoms with Gasteiger partial charge in [-0.3, -0.25) is 19.2 Å². The maximum Gasteiger partial charge on any atom is 0.313 e. The van der Waals surface area contributed by atoms with Gasteiger partial charge in [0.05, 0.1) is 24.6 Å². The summed E-state index contributed by atoms with van der Waals surface area (Å²) in [4.78, 5) is 63.8. The Morgan fingerprint density at radius 2 is 1.59 bits per heavy atom. The lowest BCUT2D eigenvalue weighted by molar-refractivity contribution is -0.161. The molecule has 7 rings (SSSR count). The van der Waals surface area contributed by atoms with E-state index in [0.717, 1.165) is 24.3 Å². The minimum Gasteiger partial charge on any atom is -0.455 e. The van der Waals surface area contributed by atoms with Gasteiger partial charge in [-0.15, -0.1) is 0 Å². The minimum absolute atomic E-state index is 0.138. The lowest BCUT2D eigenvalue weighted by atomic mass is 9.74. The molecular weight excluding hydrogens is 776 g/mol. The first-order valence-corrected chi connectivity index (χ1v) is 20.3. The summed E-state index contributed by atoms with van der Waals surface area (Å²) in [5, 5.41) is 14.0. The van der Waals surface area contributed by atoms with Gasteiger partial charge in [0.1, 0.15) is 29.8 Å². The summed E-state index contributed by atoms with van der Waals surface area (Å²) in [6.07, 6.45) is 4.59. The van der Waals surface area contributed by atoms with Crippen LogP contribution in [0.2, 0.25) is 0 Å². The smallest absolute Gasteiger partial charge is 0.313 e. The molecule has 2 saturated heterocycles. The molecule has 4 aliphatic heterocycles. The molecule has 56 heavy (non-hydrogen) atoms. The molecule has 2 fully saturated rings. The first-order chi connectivity index (χ1) is 27.1. The van der Waals surface area contributed by atoms with Crippen molar-refractivity contribution in [1.29, 1.82) is 0 Å². The van der Waals surface area contributed by atoms with E-state index in [9.17, 15) is 14.7 Å². The van der Waals surface area contributed by atoms with E-state index < -0.39 is 72.2 Å². The number of rotatable bonds is 9. The number of hydrogen-bond donors (Lipinski definition) is 2. The van der Waals surface area contributed by atoms with Crippen molar-refractivity contribution in [2.45, 2.75) is 76.0 Å². The van der Waals surface area contributed by atoms with Crippen LogP contribution in [0.1, 0.15) is 50.8 Å². The molecule has 0 aromatic heterocycles. The first-order valence-electron chi connectivity index (χ1n) is 19.5. The Kier molecular flexibility index (Phi) is 11.8. The van der Waals surface area contributed by atoms with Crippen molar-refractivity contribution >= 4 is 51.0 Å². The minimum atomic E-state index is -1.55. The monoisotopic (exact) mass is 824 g/mol. The average molecular weight is 826 g/mol. The summed E-state index contributed by atoms with van der Waals surface area (Å²) in [5.74, 6) is -4.03. The Balaban J connectivity index is 1.36. The van der Waals surface area contributed by atoms with Crippen molar-refractivity contribution in [2.75, 3.05) is 36.0 Å². The van der Waals surface area contributed by atoms with Crippen LogP contribution in [0.3, 0.4) is 0 Å². The first kappa shape index (κ1) is 39.5. The van der Waals surface area contributed by atoms with E-state index in [1.807, 2.05) is 97.1 Å². The van der Waals surface area contributed by atoms with Gasteiger partial charge < -0.3 is 34.6 Å². The number of allylic oxidation sites excluding steroid dienone is 1. The van der Waals surface area contributed by atoms with E-state index in [0.29, 0.717) is 22.2 Å². The number of aliphatic hydroxyl groups is 1. The number of nitrogens with one attached hydrogen (secondary N) is 1. The molecule has 3 aromatic rings. The number of likely N-dealkylation sites (tertiary alicyclic amines) is 1. The van der Waals surface area contributed by atoms with Crippen molar-refractivity contribution in [3.63, 3.8) is 0 Å². The maximum absolute atomic E-state index is 15.5. The molecule has 0 aliphatic carbocycles. The summed E-state index contributed by atoms with van der Waals surface area (Å²) in [6, 6.07) is 23.8. The van der Waals surface area contributed by atoms with E-state index in [2.05, 4.69) is 40.0 Å². The van der Waals surface area contributed by atoms with Crippen LogP contribution in [-0.2, 0) is 35.1 Å². The number of halogens is 1. The summed E-state index contributed by atoms with van der Waals surface area (Å²) >= 11 is 3.65. The SMILES string of the molecule is CCN(CC)c1ccc(N2C/C=C\CCC(=O)N[C@@H](C)[C@H](c3ccccc3)OC(=O)[C@H]3[C@@H]4O[C@@]5(C=C4Br)[C@@H]3C(=O)N([C@@H](CO)Cc3ccccc3)[C@@H]5C2=O)cc1. The quantitative estimate of drug-likeness (QED) is 0.215. The summed E-state index contributed by atoms with van der Waals surface area (Å²) < 4.78 is 13.6. The van der Waals surface area contributed by atoms with Gasteiger partial charge in [-0.25, -0.2) is 0 Å². The second-order valence-corrected chi connectivity index (χ2v) is 15.8. The fourth-order valence-electron chi connectivity index (χ4n) is 8.86. The number of amides is 3. The number of aliphatic hydroxyl groups excluding tert-OH is 1. The zero-order valence-electron chi connectivity index (χ0n) is 31.9. The van der Waals surface area contributed by atoms with Crippen LogP contribution in [0.4, 0.5) is 11.4 Å². The van der Waals surface area contributed by atoms with Crippen LogP contribution in [0.5, 0.6) is 0 Å². The van der Waals surface area contributed by atoms with Crippen LogP contribution in [0.15, 0.2) is 108 Å². The topological polar surface area (TPSA) is 129 Å². The van der Waals surface area contributed by atoms with Crippen LogP contribution < -0.4 is 15.1 Å². The van der Waals surface area contributed by atoms with Gasteiger partial charge in [0.2, 0.25) is 11.8 Å².